The number of fused-ring (bicyclic) bond motifs is 3. The molecule has 1 aliphatic carbocycles. The number of hydrogen-bond acceptors (Lipinski definition) is 3. The lowest BCUT2D eigenvalue weighted by Gasteiger charge is -2.49. The van der Waals surface area contributed by atoms with Crippen molar-refractivity contribution >= 4 is 11.6 Å². The van der Waals surface area contributed by atoms with E-state index in [0.717, 1.165) is 69.3 Å². The molecule has 0 saturated heterocycles. The van der Waals surface area contributed by atoms with Gasteiger partial charge in [-0.3, -0.25) is 9.79 Å². The van der Waals surface area contributed by atoms with Crippen LogP contribution < -0.4 is 5.32 Å². The average molecular weight is 476 g/mol. The highest BCUT2D eigenvalue weighted by Crippen LogP contribution is 2.53. The first-order valence-corrected chi connectivity index (χ1v) is 13.3. The van der Waals surface area contributed by atoms with Crippen LogP contribution in [0.1, 0.15) is 87.3 Å². The molecule has 1 amide bonds. The fraction of sp³-hybridized carbons (Fsp3) is 0.533. The molecule has 4 rings (SSSR count). The van der Waals surface area contributed by atoms with E-state index in [1.54, 1.807) is 7.05 Å². The zero-order valence-corrected chi connectivity index (χ0v) is 21.8. The largest absolute Gasteiger partial charge is 0.390 e. The molecule has 1 aromatic heterocycles. The van der Waals surface area contributed by atoms with Crippen molar-refractivity contribution in [2.45, 2.75) is 89.7 Å². The van der Waals surface area contributed by atoms with Gasteiger partial charge in [0.15, 0.2) is 0 Å². The molecule has 0 bridgehead atoms. The second-order valence-electron chi connectivity index (χ2n) is 10.5. The first kappa shape index (κ1) is 25.4. The Kier molecular flexibility index (Phi) is 7.65. The third kappa shape index (κ3) is 5.16. The van der Waals surface area contributed by atoms with Crippen LogP contribution in [-0.4, -0.2) is 33.9 Å². The van der Waals surface area contributed by atoms with Crippen molar-refractivity contribution in [1.82, 2.24) is 9.88 Å². The highest BCUT2D eigenvalue weighted by molar-refractivity contribution is 6.05. The second-order valence-corrected chi connectivity index (χ2v) is 10.5. The molecule has 188 valence electrons. The predicted molar refractivity (Wildman–Crippen MR) is 143 cm³/mol. The van der Waals surface area contributed by atoms with Crippen LogP contribution in [0.3, 0.4) is 0 Å². The Morgan fingerprint density at radius 1 is 1.26 bits per heavy atom. The molecule has 2 heterocycles. The number of rotatable bonds is 7. The molecule has 2 N–H and O–H groups in total. The fourth-order valence-corrected chi connectivity index (χ4v) is 6.30. The fourth-order valence-electron chi connectivity index (χ4n) is 6.30. The summed E-state index contributed by atoms with van der Waals surface area (Å²) in [4.78, 5) is 17.6. The molecule has 3 atom stereocenters. The molecule has 5 heteroatoms. The van der Waals surface area contributed by atoms with E-state index < -0.39 is 5.60 Å². The van der Waals surface area contributed by atoms with E-state index >= 15 is 0 Å². The van der Waals surface area contributed by atoms with Crippen molar-refractivity contribution in [3.8, 4) is 0 Å². The Morgan fingerprint density at radius 2 is 2.03 bits per heavy atom. The first-order chi connectivity index (χ1) is 16.8. The molecular weight excluding hydrogens is 434 g/mol. The third-order valence-electron chi connectivity index (χ3n) is 8.47. The van der Waals surface area contributed by atoms with Gasteiger partial charge in [0.2, 0.25) is 0 Å². The van der Waals surface area contributed by atoms with Crippen LogP contribution in [-0.2, 0) is 18.4 Å². The van der Waals surface area contributed by atoms with Gasteiger partial charge in [0.25, 0.3) is 5.91 Å². The van der Waals surface area contributed by atoms with E-state index in [9.17, 15) is 9.90 Å². The Morgan fingerprint density at radius 3 is 2.71 bits per heavy atom. The van der Waals surface area contributed by atoms with Crippen molar-refractivity contribution in [2.24, 2.45) is 10.9 Å². The molecule has 0 spiro atoms. The number of hydrogen-bond donors (Lipinski definition) is 2. The summed E-state index contributed by atoms with van der Waals surface area (Å²) in [6.07, 6.45) is 11.4. The van der Waals surface area contributed by atoms with E-state index in [2.05, 4.69) is 65.1 Å². The number of aryl methyl sites for hydroxylation is 1. The summed E-state index contributed by atoms with van der Waals surface area (Å²) in [5, 5.41) is 14.4. The van der Waals surface area contributed by atoms with Gasteiger partial charge >= 0.3 is 0 Å². The topological polar surface area (TPSA) is 66.6 Å². The SMILES string of the molecule is CC/C=C(/NC(=O)c1cc2n(c1)CCCC1CC(O)(CC)CCC21Cc1ccccc1)C(C)=NC. The number of aliphatic imine (C=N–C) groups is 1. The Labute approximate surface area is 210 Å². The van der Waals surface area contributed by atoms with Gasteiger partial charge < -0.3 is 15.0 Å². The first-order valence-electron chi connectivity index (χ1n) is 13.3. The number of carbonyl (C=O) groups is 1. The second kappa shape index (κ2) is 10.5. The molecule has 1 saturated carbocycles. The molecular formula is C30H41N3O2. The van der Waals surface area contributed by atoms with Crippen molar-refractivity contribution in [2.75, 3.05) is 7.05 Å². The highest BCUT2D eigenvalue weighted by Gasteiger charge is 2.50. The number of aromatic nitrogens is 1. The van der Waals surface area contributed by atoms with Crippen LogP contribution in [0.5, 0.6) is 0 Å². The van der Waals surface area contributed by atoms with Crippen LogP contribution >= 0.6 is 0 Å². The Hall–Kier alpha value is -2.66. The quantitative estimate of drug-likeness (QED) is 0.496. The third-order valence-corrected chi connectivity index (χ3v) is 8.47. The molecule has 2 aliphatic rings. The number of nitrogens with one attached hydrogen (secondary N) is 1. The number of aliphatic hydroxyl groups is 1. The van der Waals surface area contributed by atoms with E-state index in [4.69, 9.17) is 0 Å². The normalized spacial score (nSPS) is 27.1. The zero-order valence-electron chi connectivity index (χ0n) is 21.8. The Balaban J connectivity index is 1.74. The van der Waals surface area contributed by atoms with Crippen LogP contribution in [0.25, 0.3) is 0 Å². The summed E-state index contributed by atoms with van der Waals surface area (Å²) in [7, 11) is 1.75. The minimum atomic E-state index is -0.580. The van der Waals surface area contributed by atoms with Crippen molar-refractivity contribution in [1.29, 1.82) is 0 Å². The van der Waals surface area contributed by atoms with Gasteiger partial charge in [-0.05, 0) is 75.8 Å². The molecule has 1 aromatic carbocycles. The van der Waals surface area contributed by atoms with Gasteiger partial charge in [0.1, 0.15) is 0 Å². The lowest BCUT2D eigenvalue weighted by atomic mass is 9.57. The summed E-state index contributed by atoms with van der Waals surface area (Å²) >= 11 is 0. The summed E-state index contributed by atoms with van der Waals surface area (Å²) in [5.74, 6) is 0.305. The summed E-state index contributed by atoms with van der Waals surface area (Å²) < 4.78 is 2.33. The average Bonchev–Trinajstić information content (AvgIpc) is 3.25. The minimum Gasteiger partial charge on any atom is -0.390 e. The summed E-state index contributed by atoms with van der Waals surface area (Å²) in [6, 6.07) is 12.9. The maximum Gasteiger partial charge on any atom is 0.257 e. The molecule has 1 fully saturated rings. The lowest BCUT2D eigenvalue weighted by Crippen LogP contribution is -2.49. The molecule has 3 unspecified atom stereocenters. The number of carbonyl (C=O) groups excluding carboxylic acids is 1. The monoisotopic (exact) mass is 475 g/mol. The summed E-state index contributed by atoms with van der Waals surface area (Å²) in [6.45, 7) is 7.00. The van der Waals surface area contributed by atoms with Crippen molar-refractivity contribution < 1.29 is 9.90 Å². The van der Waals surface area contributed by atoms with Gasteiger partial charge in [-0.25, -0.2) is 0 Å². The Bertz CT molecular complexity index is 1100. The standard InChI is InChI=1S/C30H41N3O2/c1-5-11-26(22(3)31-4)32-28(34)24-18-27-30(19-23-12-8-7-9-13-23)16-15-29(35,6-2)20-25(30)14-10-17-33(27)21-24/h7-9,11-13,18,21,25,35H,5-6,10,14-17,19-20H2,1-4H3,(H,32,34)/b26-11+,31-22?. The van der Waals surface area contributed by atoms with E-state index in [1.165, 1.54) is 11.3 Å². The van der Waals surface area contributed by atoms with Gasteiger partial charge in [0.05, 0.1) is 22.6 Å². The van der Waals surface area contributed by atoms with E-state index in [0.29, 0.717) is 11.5 Å². The molecule has 0 radical (unpaired) electrons. The predicted octanol–water partition coefficient (Wildman–Crippen LogP) is 5.82. The van der Waals surface area contributed by atoms with Crippen molar-refractivity contribution in [3.63, 3.8) is 0 Å². The van der Waals surface area contributed by atoms with Crippen LogP contribution in [0.2, 0.25) is 0 Å². The van der Waals surface area contributed by atoms with E-state index in [-0.39, 0.29) is 11.3 Å². The van der Waals surface area contributed by atoms with Gasteiger partial charge in [-0.1, -0.05) is 50.3 Å². The van der Waals surface area contributed by atoms with E-state index in [1.807, 2.05) is 19.2 Å². The molecule has 5 nitrogen and oxygen atoms in total. The number of amides is 1. The number of nitrogens with zero attached hydrogens (tertiary/aromatic N) is 2. The lowest BCUT2D eigenvalue weighted by molar-refractivity contribution is -0.0502. The maximum absolute atomic E-state index is 13.4. The zero-order chi connectivity index (χ0) is 25.1. The van der Waals surface area contributed by atoms with Gasteiger partial charge in [0, 0.05) is 30.9 Å². The molecule has 1 aliphatic heterocycles. The number of benzene rings is 1. The summed E-state index contributed by atoms with van der Waals surface area (Å²) in [5.41, 5.74) is 4.23. The smallest absolute Gasteiger partial charge is 0.257 e. The molecule has 2 aromatic rings. The molecule has 35 heavy (non-hydrogen) atoms. The van der Waals surface area contributed by atoms with Gasteiger partial charge in [-0.2, -0.15) is 0 Å². The van der Waals surface area contributed by atoms with Crippen LogP contribution in [0.15, 0.2) is 59.4 Å². The minimum absolute atomic E-state index is 0.0827. The van der Waals surface area contributed by atoms with Crippen molar-refractivity contribution in [3.05, 3.63) is 71.2 Å². The van der Waals surface area contributed by atoms with Gasteiger partial charge in [-0.15, -0.1) is 0 Å². The van der Waals surface area contributed by atoms with Crippen LogP contribution in [0, 0.1) is 5.92 Å². The maximum atomic E-state index is 13.4. The number of allylic oxidation sites excluding steroid dienone is 2. The highest BCUT2D eigenvalue weighted by atomic mass is 16.3. The van der Waals surface area contributed by atoms with Crippen LogP contribution in [0.4, 0.5) is 0 Å².